The van der Waals surface area contributed by atoms with E-state index in [1.165, 1.54) is 6.07 Å². The van der Waals surface area contributed by atoms with Crippen molar-refractivity contribution >= 4 is 34.6 Å². The molecule has 180 valence electrons. The van der Waals surface area contributed by atoms with Crippen molar-refractivity contribution in [3.05, 3.63) is 70.8 Å². The van der Waals surface area contributed by atoms with Gasteiger partial charge in [0.05, 0.1) is 17.2 Å². The number of nitrogens with one attached hydrogen (secondary N) is 1. The summed E-state index contributed by atoms with van der Waals surface area (Å²) in [6.45, 7) is 4.91. The van der Waals surface area contributed by atoms with Crippen LogP contribution in [0.5, 0.6) is 0 Å². The zero-order valence-electron chi connectivity index (χ0n) is 19.5. The van der Waals surface area contributed by atoms with Crippen LogP contribution in [0, 0.1) is 18.7 Å². The lowest BCUT2D eigenvalue weighted by Crippen LogP contribution is -2.51. The van der Waals surface area contributed by atoms with Crippen molar-refractivity contribution in [3.8, 4) is 11.4 Å². The van der Waals surface area contributed by atoms with E-state index in [0.717, 1.165) is 12.8 Å². The molecule has 1 aliphatic rings. The number of aryl methyl sites for hydroxylation is 1. The molecule has 35 heavy (non-hydrogen) atoms. The van der Waals surface area contributed by atoms with E-state index in [1.54, 1.807) is 49.6 Å². The van der Waals surface area contributed by atoms with Gasteiger partial charge in [-0.2, -0.15) is 4.98 Å². The molecule has 1 saturated heterocycles. The van der Waals surface area contributed by atoms with Crippen LogP contribution in [0.4, 0.5) is 10.4 Å². The molecule has 1 fully saturated rings. The van der Waals surface area contributed by atoms with Crippen LogP contribution in [0.3, 0.4) is 0 Å². The van der Waals surface area contributed by atoms with Crippen molar-refractivity contribution in [3.63, 3.8) is 0 Å². The molecule has 2 unspecified atom stereocenters. The Morgan fingerprint density at radius 1 is 1.26 bits per heavy atom. The summed E-state index contributed by atoms with van der Waals surface area (Å²) in [5, 5.41) is 3.82. The average Bonchev–Trinajstić information content (AvgIpc) is 3.24. The van der Waals surface area contributed by atoms with E-state index < -0.39 is 5.82 Å². The molecule has 1 aliphatic heterocycles. The van der Waals surface area contributed by atoms with Gasteiger partial charge in [-0.1, -0.05) is 18.5 Å². The molecule has 1 amide bonds. The minimum absolute atomic E-state index is 0.127. The SMILES string of the molecule is Cc1cc(F)c(-c2ncccn2)c(C(=O)N2CCCC(C)C2CNc2nc3ccc(Cl)cc3o2)c1. The molecule has 3 heterocycles. The van der Waals surface area contributed by atoms with Gasteiger partial charge in [0.2, 0.25) is 0 Å². The first kappa shape index (κ1) is 23.2. The summed E-state index contributed by atoms with van der Waals surface area (Å²) in [6, 6.07) is 10.3. The summed E-state index contributed by atoms with van der Waals surface area (Å²) in [6.07, 6.45) is 4.94. The number of carbonyl (C=O) groups excluding carboxylic acids is 1. The molecule has 0 aliphatic carbocycles. The van der Waals surface area contributed by atoms with Crippen LogP contribution < -0.4 is 5.32 Å². The molecule has 9 heteroatoms. The number of nitrogens with zero attached hydrogens (tertiary/aromatic N) is 4. The summed E-state index contributed by atoms with van der Waals surface area (Å²) in [4.78, 5) is 28.5. The molecular weight excluding hydrogens is 469 g/mol. The number of aromatic nitrogens is 3. The highest BCUT2D eigenvalue weighted by molar-refractivity contribution is 6.31. The quantitative estimate of drug-likeness (QED) is 0.381. The van der Waals surface area contributed by atoms with Crippen LogP contribution in [-0.4, -0.2) is 44.9 Å². The van der Waals surface area contributed by atoms with Gasteiger partial charge in [0.15, 0.2) is 11.4 Å². The molecule has 5 rings (SSSR count). The Morgan fingerprint density at radius 2 is 2.06 bits per heavy atom. The van der Waals surface area contributed by atoms with E-state index >= 15 is 4.39 Å². The first-order chi connectivity index (χ1) is 16.9. The van der Waals surface area contributed by atoms with Crippen LogP contribution >= 0.6 is 11.6 Å². The number of carbonyl (C=O) groups is 1. The van der Waals surface area contributed by atoms with E-state index in [4.69, 9.17) is 16.0 Å². The molecule has 7 nitrogen and oxygen atoms in total. The monoisotopic (exact) mass is 493 g/mol. The summed E-state index contributed by atoms with van der Waals surface area (Å²) >= 11 is 6.05. The van der Waals surface area contributed by atoms with Gasteiger partial charge in [0, 0.05) is 36.6 Å². The zero-order chi connectivity index (χ0) is 24.5. The van der Waals surface area contributed by atoms with Crippen LogP contribution in [0.1, 0.15) is 35.7 Å². The number of likely N-dealkylation sites (tertiary alicyclic amines) is 1. The Morgan fingerprint density at radius 3 is 2.86 bits per heavy atom. The van der Waals surface area contributed by atoms with E-state index in [1.807, 2.05) is 4.90 Å². The van der Waals surface area contributed by atoms with Gasteiger partial charge in [0.1, 0.15) is 11.3 Å². The highest BCUT2D eigenvalue weighted by Gasteiger charge is 2.34. The van der Waals surface area contributed by atoms with E-state index in [0.29, 0.717) is 40.8 Å². The lowest BCUT2D eigenvalue weighted by Gasteiger charge is -2.40. The van der Waals surface area contributed by atoms with E-state index in [9.17, 15) is 4.79 Å². The molecule has 1 N–H and O–H groups in total. The molecule has 0 saturated carbocycles. The number of hydrogen-bond donors (Lipinski definition) is 1. The maximum absolute atomic E-state index is 15.1. The van der Waals surface area contributed by atoms with E-state index in [-0.39, 0.29) is 34.8 Å². The van der Waals surface area contributed by atoms with Gasteiger partial charge < -0.3 is 14.6 Å². The van der Waals surface area contributed by atoms with Gasteiger partial charge in [-0.15, -0.1) is 0 Å². The van der Waals surface area contributed by atoms with Crippen molar-refractivity contribution in [1.29, 1.82) is 0 Å². The fourth-order valence-corrected chi connectivity index (χ4v) is 4.86. The Labute approximate surface area is 207 Å². The third kappa shape index (κ3) is 4.71. The number of halogens is 2. The Hall–Kier alpha value is -3.52. The first-order valence-electron chi connectivity index (χ1n) is 11.6. The van der Waals surface area contributed by atoms with Gasteiger partial charge in [-0.25, -0.2) is 14.4 Å². The normalized spacial score (nSPS) is 18.1. The fraction of sp³-hybridized carbons (Fsp3) is 0.308. The van der Waals surface area contributed by atoms with Gasteiger partial charge in [-0.3, -0.25) is 4.79 Å². The first-order valence-corrected chi connectivity index (χ1v) is 12.0. The van der Waals surface area contributed by atoms with Crippen LogP contribution in [0.25, 0.3) is 22.5 Å². The number of amides is 1. The standard InChI is InChI=1S/C26H25ClFN5O2/c1-15-11-18(23(19(28)12-15)24-29-8-4-9-30-24)25(34)33-10-3-5-16(2)21(33)14-31-26-32-20-7-6-17(27)13-22(20)35-26/h4,6-9,11-13,16,21H,3,5,10,14H2,1-2H3,(H,31,32). The molecule has 0 radical (unpaired) electrons. The molecular formula is C26H25ClFN5O2. The Kier molecular flexibility index (Phi) is 6.38. The number of rotatable bonds is 5. The smallest absolute Gasteiger partial charge is 0.295 e. The fourth-order valence-electron chi connectivity index (χ4n) is 4.70. The number of fused-ring (bicyclic) bond motifs is 1. The maximum Gasteiger partial charge on any atom is 0.295 e. The third-order valence-corrected chi connectivity index (χ3v) is 6.68. The van der Waals surface area contributed by atoms with Gasteiger partial charge in [-0.05, 0) is 61.6 Å². The number of oxazole rings is 1. The molecule has 4 aromatic rings. The molecule has 2 aromatic carbocycles. The highest BCUT2D eigenvalue weighted by atomic mass is 35.5. The minimum atomic E-state index is -0.510. The van der Waals surface area contributed by atoms with Crippen molar-refractivity contribution in [2.45, 2.75) is 32.7 Å². The maximum atomic E-state index is 15.1. The summed E-state index contributed by atoms with van der Waals surface area (Å²) in [5.74, 6) is -0.328. The Balaban J connectivity index is 1.44. The van der Waals surface area contributed by atoms with Gasteiger partial charge in [0.25, 0.3) is 11.9 Å². The summed E-state index contributed by atoms with van der Waals surface area (Å²) in [5.41, 5.74) is 2.35. The van der Waals surface area contributed by atoms with Crippen molar-refractivity contribution in [1.82, 2.24) is 19.9 Å². The van der Waals surface area contributed by atoms with Crippen molar-refractivity contribution < 1.29 is 13.6 Å². The number of anilines is 1. The number of benzene rings is 2. The second-order valence-electron chi connectivity index (χ2n) is 8.94. The second-order valence-corrected chi connectivity index (χ2v) is 9.38. The van der Waals surface area contributed by atoms with Crippen molar-refractivity contribution in [2.24, 2.45) is 5.92 Å². The summed E-state index contributed by atoms with van der Waals surface area (Å²) in [7, 11) is 0. The van der Waals surface area contributed by atoms with Crippen molar-refractivity contribution in [2.75, 3.05) is 18.4 Å². The van der Waals surface area contributed by atoms with Crippen LogP contribution in [-0.2, 0) is 0 Å². The lowest BCUT2D eigenvalue weighted by molar-refractivity contribution is 0.0539. The average molecular weight is 494 g/mol. The molecule has 0 bridgehead atoms. The molecule has 2 aromatic heterocycles. The topological polar surface area (TPSA) is 84.2 Å². The molecule has 0 spiro atoms. The third-order valence-electron chi connectivity index (χ3n) is 6.44. The molecule has 2 atom stereocenters. The number of piperidine rings is 1. The Bertz CT molecular complexity index is 1380. The largest absolute Gasteiger partial charge is 0.424 e. The minimum Gasteiger partial charge on any atom is -0.424 e. The lowest BCUT2D eigenvalue weighted by atomic mass is 9.89. The summed E-state index contributed by atoms with van der Waals surface area (Å²) < 4.78 is 20.9. The highest BCUT2D eigenvalue weighted by Crippen LogP contribution is 2.31. The van der Waals surface area contributed by atoms with Crippen LogP contribution in [0.2, 0.25) is 5.02 Å². The van der Waals surface area contributed by atoms with E-state index in [2.05, 4.69) is 27.2 Å². The number of hydrogen-bond acceptors (Lipinski definition) is 6. The van der Waals surface area contributed by atoms with Gasteiger partial charge >= 0.3 is 0 Å². The second kappa shape index (κ2) is 9.62. The zero-order valence-corrected chi connectivity index (χ0v) is 20.2. The predicted molar refractivity (Wildman–Crippen MR) is 133 cm³/mol. The predicted octanol–water partition coefficient (Wildman–Crippen LogP) is 5.74. The van der Waals surface area contributed by atoms with Crippen LogP contribution in [0.15, 0.2) is 53.2 Å².